The van der Waals surface area contributed by atoms with Crippen LogP contribution in [-0.4, -0.2) is 11.5 Å². The Kier molecular flexibility index (Phi) is 4.02. The molecule has 0 spiro atoms. The minimum Gasteiger partial charge on any atom is -0.330 e. The zero-order valence-electron chi connectivity index (χ0n) is 12.3. The van der Waals surface area contributed by atoms with Crippen LogP contribution in [0.25, 0.3) is 10.9 Å². The molecule has 3 unspecified atom stereocenters. The summed E-state index contributed by atoms with van der Waals surface area (Å²) in [5.74, 6) is 2.27. The molecule has 1 heterocycles. The zero-order chi connectivity index (χ0) is 13.9. The fourth-order valence-electron chi connectivity index (χ4n) is 3.74. The van der Waals surface area contributed by atoms with Gasteiger partial charge in [0.1, 0.15) is 0 Å². The predicted octanol–water partition coefficient (Wildman–Crippen LogP) is 3.79. The van der Waals surface area contributed by atoms with E-state index in [9.17, 15) is 0 Å². The molecule has 106 valence electrons. The van der Waals surface area contributed by atoms with Gasteiger partial charge in [-0.15, -0.1) is 0 Å². The summed E-state index contributed by atoms with van der Waals surface area (Å²) in [4.78, 5) is 4.46. The van der Waals surface area contributed by atoms with E-state index in [1.54, 1.807) is 0 Å². The normalized spacial score (nSPS) is 26.8. The van der Waals surface area contributed by atoms with Gasteiger partial charge in [0.15, 0.2) is 0 Å². The fraction of sp³-hybridized carbons (Fsp3) is 0.500. The molecule has 1 aromatic heterocycles. The van der Waals surface area contributed by atoms with Gasteiger partial charge in [0.05, 0.1) is 5.52 Å². The Hall–Kier alpha value is -1.41. The summed E-state index contributed by atoms with van der Waals surface area (Å²) in [5, 5.41) is 1.31. The molecule has 2 nitrogen and oxygen atoms in total. The van der Waals surface area contributed by atoms with Crippen molar-refractivity contribution in [3.05, 3.63) is 42.1 Å². The number of nitrogens with two attached hydrogens (primary N) is 1. The molecule has 0 aliphatic heterocycles. The van der Waals surface area contributed by atoms with Gasteiger partial charge in [-0.2, -0.15) is 0 Å². The Labute approximate surface area is 121 Å². The summed E-state index contributed by atoms with van der Waals surface area (Å²) in [6, 6.07) is 10.7. The quantitative estimate of drug-likeness (QED) is 0.920. The van der Waals surface area contributed by atoms with Crippen LogP contribution in [0.2, 0.25) is 0 Å². The fourth-order valence-corrected chi connectivity index (χ4v) is 3.74. The summed E-state index contributed by atoms with van der Waals surface area (Å²) in [6.45, 7) is 3.21. The molecule has 1 aromatic carbocycles. The van der Waals surface area contributed by atoms with Gasteiger partial charge >= 0.3 is 0 Å². The Balaban J connectivity index is 1.88. The summed E-state index contributed by atoms with van der Waals surface area (Å²) in [7, 11) is 0. The van der Waals surface area contributed by atoms with Crippen molar-refractivity contribution in [3.63, 3.8) is 0 Å². The monoisotopic (exact) mass is 268 g/mol. The highest BCUT2D eigenvalue weighted by atomic mass is 14.6. The summed E-state index contributed by atoms with van der Waals surface area (Å²) in [5.41, 5.74) is 8.54. The Morgan fingerprint density at radius 3 is 2.85 bits per heavy atom. The second-order valence-corrected chi connectivity index (χ2v) is 6.37. The van der Waals surface area contributed by atoms with E-state index in [1.165, 1.54) is 30.2 Å². The lowest BCUT2D eigenvalue weighted by Gasteiger charge is -2.34. The Morgan fingerprint density at radius 2 is 2.00 bits per heavy atom. The molecular weight excluding hydrogens is 244 g/mol. The first kappa shape index (κ1) is 13.6. The number of pyridine rings is 1. The van der Waals surface area contributed by atoms with Gasteiger partial charge in [0, 0.05) is 11.6 Å². The first-order valence-electron chi connectivity index (χ1n) is 7.80. The van der Waals surface area contributed by atoms with Gasteiger partial charge in [-0.05, 0) is 61.3 Å². The molecule has 0 saturated heterocycles. The smallest absolute Gasteiger partial charge is 0.0704 e. The lowest BCUT2D eigenvalue weighted by Crippen LogP contribution is -2.31. The topological polar surface area (TPSA) is 38.9 Å². The number of para-hydroxylation sites is 1. The van der Waals surface area contributed by atoms with Gasteiger partial charge in [-0.25, -0.2) is 0 Å². The van der Waals surface area contributed by atoms with Crippen LogP contribution in [0.1, 0.15) is 31.7 Å². The SMILES string of the molecule is CC1CCC(CN)C(Cc2ccnc3ccccc23)C1. The van der Waals surface area contributed by atoms with Gasteiger partial charge in [-0.1, -0.05) is 31.5 Å². The zero-order valence-corrected chi connectivity index (χ0v) is 12.3. The summed E-state index contributed by atoms with van der Waals surface area (Å²) in [6.07, 6.45) is 7.05. The minimum atomic E-state index is 0.693. The van der Waals surface area contributed by atoms with E-state index >= 15 is 0 Å². The Morgan fingerprint density at radius 1 is 1.15 bits per heavy atom. The van der Waals surface area contributed by atoms with Crippen molar-refractivity contribution in [3.8, 4) is 0 Å². The van der Waals surface area contributed by atoms with Gasteiger partial charge in [0.25, 0.3) is 0 Å². The van der Waals surface area contributed by atoms with Crippen LogP contribution in [-0.2, 0) is 6.42 Å². The number of aromatic nitrogens is 1. The number of nitrogens with zero attached hydrogens (tertiary/aromatic N) is 1. The van der Waals surface area contributed by atoms with E-state index in [0.29, 0.717) is 5.92 Å². The molecule has 1 aliphatic rings. The molecule has 3 rings (SSSR count). The molecule has 2 heteroatoms. The lowest BCUT2D eigenvalue weighted by molar-refractivity contribution is 0.193. The molecule has 1 aliphatic carbocycles. The van der Waals surface area contributed by atoms with Crippen molar-refractivity contribution in [1.29, 1.82) is 0 Å². The maximum absolute atomic E-state index is 5.99. The third kappa shape index (κ3) is 2.71. The molecule has 3 atom stereocenters. The van der Waals surface area contributed by atoms with Crippen molar-refractivity contribution in [2.24, 2.45) is 23.5 Å². The van der Waals surface area contributed by atoms with Crippen molar-refractivity contribution >= 4 is 10.9 Å². The molecule has 2 N–H and O–H groups in total. The maximum Gasteiger partial charge on any atom is 0.0704 e. The van der Waals surface area contributed by atoms with Crippen LogP contribution in [0.15, 0.2) is 36.5 Å². The van der Waals surface area contributed by atoms with Gasteiger partial charge in [-0.3, -0.25) is 4.98 Å². The Bertz CT molecular complexity index is 573. The van der Waals surface area contributed by atoms with Crippen LogP contribution in [0.5, 0.6) is 0 Å². The number of rotatable bonds is 3. The molecule has 0 radical (unpaired) electrons. The highest BCUT2D eigenvalue weighted by molar-refractivity contribution is 5.81. The van der Waals surface area contributed by atoms with Crippen molar-refractivity contribution in [2.75, 3.05) is 6.54 Å². The van der Waals surface area contributed by atoms with Crippen LogP contribution in [0.4, 0.5) is 0 Å². The third-order valence-corrected chi connectivity index (χ3v) is 4.93. The standard InChI is InChI=1S/C18H24N2/c1-13-6-7-15(12-19)16(10-13)11-14-8-9-20-18-5-3-2-4-17(14)18/h2-5,8-9,13,15-16H,6-7,10-12,19H2,1H3. The third-order valence-electron chi connectivity index (χ3n) is 4.93. The van der Waals surface area contributed by atoms with E-state index in [1.807, 2.05) is 6.20 Å². The summed E-state index contributed by atoms with van der Waals surface area (Å²) < 4.78 is 0. The van der Waals surface area contributed by atoms with Crippen LogP contribution >= 0.6 is 0 Å². The minimum absolute atomic E-state index is 0.693. The first-order chi connectivity index (χ1) is 9.78. The lowest BCUT2D eigenvalue weighted by atomic mass is 9.72. The van der Waals surface area contributed by atoms with E-state index in [-0.39, 0.29) is 0 Å². The second-order valence-electron chi connectivity index (χ2n) is 6.37. The molecule has 0 amide bonds. The number of fused-ring (bicyclic) bond motifs is 1. The number of hydrogen-bond acceptors (Lipinski definition) is 2. The van der Waals surface area contributed by atoms with Crippen molar-refractivity contribution in [2.45, 2.75) is 32.6 Å². The summed E-state index contributed by atoms with van der Waals surface area (Å²) >= 11 is 0. The molecule has 1 saturated carbocycles. The molecule has 2 aromatic rings. The average molecular weight is 268 g/mol. The maximum atomic E-state index is 5.99. The van der Waals surface area contributed by atoms with Gasteiger partial charge < -0.3 is 5.73 Å². The van der Waals surface area contributed by atoms with Crippen LogP contribution in [0, 0.1) is 17.8 Å². The van der Waals surface area contributed by atoms with E-state index < -0.39 is 0 Å². The predicted molar refractivity (Wildman–Crippen MR) is 84.5 cm³/mol. The number of hydrogen-bond donors (Lipinski definition) is 1. The first-order valence-corrected chi connectivity index (χ1v) is 7.80. The largest absolute Gasteiger partial charge is 0.330 e. The molecule has 20 heavy (non-hydrogen) atoms. The molecular formula is C18H24N2. The van der Waals surface area contributed by atoms with E-state index in [2.05, 4.69) is 42.2 Å². The van der Waals surface area contributed by atoms with E-state index in [0.717, 1.165) is 30.3 Å². The highest BCUT2D eigenvalue weighted by Crippen LogP contribution is 2.36. The van der Waals surface area contributed by atoms with Crippen molar-refractivity contribution in [1.82, 2.24) is 4.98 Å². The second kappa shape index (κ2) is 5.92. The molecule has 1 fully saturated rings. The number of benzene rings is 1. The van der Waals surface area contributed by atoms with E-state index in [4.69, 9.17) is 5.73 Å². The molecule has 0 bridgehead atoms. The van der Waals surface area contributed by atoms with Crippen molar-refractivity contribution < 1.29 is 0 Å². The van der Waals surface area contributed by atoms with Crippen LogP contribution in [0.3, 0.4) is 0 Å². The average Bonchev–Trinajstić information content (AvgIpc) is 2.48. The highest BCUT2D eigenvalue weighted by Gasteiger charge is 2.28. The van der Waals surface area contributed by atoms with Gasteiger partial charge in [0.2, 0.25) is 0 Å². The van der Waals surface area contributed by atoms with Crippen LogP contribution < -0.4 is 5.73 Å².